The van der Waals surface area contributed by atoms with Crippen molar-refractivity contribution in [3.05, 3.63) is 59.7 Å². The number of aliphatic carboxylic acids is 1. The first kappa shape index (κ1) is 20.6. The van der Waals surface area contributed by atoms with Crippen molar-refractivity contribution >= 4 is 16.0 Å². The number of ether oxygens (including phenoxy) is 2. The summed E-state index contributed by atoms with van der Waals surface area (Å²) in [5, 5.41) is 20.1. The SMILES string of the molecule is O=C(O)C(O)(CNS(=O)(=O)Cc1ccccc1)Oc1cccc2c1OC1CCCC21. The molecule has 1 aliphatic carbocycles. The molecule has 9 heteroatoms. The van der Waals surface area contributed by atoms with Gasteiger partial charge in [-0.05, 0) is 30.9 Å². The van der Waals surface area contributed by atoms with Crippen LogP contribution in [-0.4, -0.2) is 43.0 Å². The van der Waals surface area contributed by atoms with Gasteiger partial charge in [0.15, 0.2) is 11.5 Å². The summed E-state index contributed by atoms with van der Waals surface area (Å²) in [6, 6.07) is 13.6. The van der Waals surface area contributed by atoms with E-state index in [1.807, 2.05) is 6.07 Å². The molecule has 0 saturated heterocycles. The van der Waals surface area contributed by atoms with Gasteiger partial charge < -0.3 is 19.7 Å². The van der Waals surface area contributed by atoms with Gasteiger partial charge in [-0.3, -0.25) is 0 Å². The van der Waals surface area contributed by atoms with Gasteiger partial charge in [0.2, 0.25) is 10.0 Å². The molecule has 0 spiro atoms. The third-order valence-electron chi connectivity index (χ3n) is 5.47. The van der Waals surface area contributed by atoms with Gasteiger partial charge in [-0.1, -0.05) is 42.5 Å². The van der Waals surface area contributed by atoms with Crippen LogP contribution in [0.4, 0.5) is 0 Å². The van der Waals surface area contributed by atoms with E-state index in [1.54, 1.807) is 36.4 Å². The number of hydrogen-bond donors (Lipinski definition) is 3. The van der Waals surface area contributed by atoms with Gasteiger partial charge in [0.25, 0.3) is 0 Å². The lowest BCUT2D eigenvalue weighted by atomic mass is 9.97. The number of carboxylic acids is 1. The summed E-state index contributed by atoms with van der Waals surface area (Å²) in [7, 11) is -3.90. The van der Waals surface area contributed by atoms with E-state index in [0.29, 0.717) is 11.3 Å². The average molecular weight is 433 g/mol. The van der Waals surface area contributed by atoms with Crippen LogP contribution in [0.5, 0.6) is 11.5 Å². The van der Waals surface area contributed by atoms with E-state index < -0.39 is 28.3 Å². The third-order valence-corrected chi connectivity index (χ3v) is 6.77. The molecule has 0 radical (unpaired) electrons. The molecule has 0 aromatic heterocycles. The van der Waals surface area contributed by atoms with Crippen LogP contribution in [-0.2, 0) is 20.6 Å². The minimum absolute atomic E-state index is 0.0204. The van der Waals surface area contributed by atoms with E-state index in [9.17, 15) is 23.4 Å². The van der Waals surface area contributed by atoms with Gasteiger partial charge >= 0.3 is 11.8 Å². The van der Waals surface area contributed by atoms with Crippen LogP contribution < -0.4 is 14.2 Å². The summed E-state index contributed by atoms with van der Waals surface area (Å²) >= 11 is 0. The summed E-state index contributed by atoms with van der Waals surface area (Å²) in [5.74, 6) is -4.13. The molecule has 0 bridgehead atoms. The Morgan fingerprint density at radius 2 is 1.93 bits per heavy atom. The van der Waals surface area contributed by atoms with Crippen molar-refractivity contribution in [1.29, 1.82) is 0 Å². The highest BCUT2D eigenvalue weighted by atomic mass is 32.2. The zero-order chi connectivity index (χ0) is 21.4. The maximum Gasteiger partial charge on any atom is 0.378 e. The van der Waals surface area contributed by atoms with Gasteiger partial charge in [-0.15, -0.1) is 0 Å². The van der Waals surface area contributed by atoms with Crippen LogP contribution in [0, 0.1) is 0 Å². The van der Waals surface area contributed by atoms with Gasteiger partial charge in [0.1, 0.15) is 6.10 Å². The van der Waals surface area contributed by atoms with Gasteiger partial charge in [0.05, 0.1) is 12.3 Å². The lowest BCUT2D eigenvalue weighted by molar-refractivity contribution is -0.191. The Kier molecular flexibility index (Phi) is 5.44. The lowest BCUT2D eigenvalue weighted by Gasteiger charge is -2.26. The van der Waals surface area contributed by atoms with Gasteiger partial charge in [-0.25, -0.2) is 17.9 Å². The molecule has 3 N–H and O–H groups in total. The largest absolute Gasteiger partial charge is 0.486 e. The van der Waals surface area contributed by atoms with Crippen molar-refractivity contribution in [3.8, 4) is 11.5 Å². The molecule has 2 aromatic rings. The van der Waals surface area contributed by atoms with E-state index in [0.717, 1.165) is 24.8 Å². The number of para-hydroxylation sites is 1. The third kappa shape index (κ3) is 4.14. The summed E-state index contributed by atoms with van der Waals surface area (Å²) in [6.45, 7) is -0.853. The van der Waals surface area contributed by atoms with E-state index in [1.165, 1.54) is 6.07 Å². The molecule has 3 atom stereocenters. The first-order valence-corrected chi connectivity index (χ1v) is 11.4. The molecule has 30 heavy (non-hydrogen) atoms. The Balaban J connectivity index is 1.50. The summed E-state index contributed by atoms with van der Waals surface area (Å²) in [4.78, 5) is 11.7. The van der Waals surface area contributed by atoms with Gasteiger partial charge in [-0.2, -0.15) is 0 Å². The Morgan fingerprint density at radius 3 is 2.67 bits per heavy atom. The maximum absolute atomic E-state index is 12.3. The van der Waals surface area contributed by atoms with Crippen LogP contribution in [0.25, 0.3) is 0 Å². The molecular formula is C21H23NO7S. The zero-order valence-corrected chi connectivity index (χ0v) is 17.0. The fourth-order valence-corrected chi connectivity index (χ4v) is 5.14. The predicted octanol–water partition coefficient (Wildman–Crippen LogP) is 1.99. The summed E-state index contributed by atoms with van der Waals surface area (Å²) < 4.78 is 38.2. The first-order valence-electron chi connectivity index (χ1n) is 9.73. The van der Waals surface area contributed by atoms with Crippen LogP contribution in [0.2, 0.25) is 0 Å². The van der Waals surface area contributed by atoms with Crippen LogP contribution in [0.1, 0.15) is 36.3 Å². The molecule has 8 nitrogen and oxygen atoms in total. The predicted molar refractivity (Wildman–Crippen MR) is 108 cm³/mol. The molecular weight excluding hydrogens is 410 g/mol. The topological polar surface area (TPSA) is 122 Å². The molecule has 2 aliphatic rings. The fraction of sp³-hybridized carbons (Fsp3) is 0.381. The molecule has 4 rings (SSSR count). The second kappa shape index (κ2) is 7.90. The summed E-state index contributed by atoms with van der Waals surface area (Å²) in [6.07, 6.45) is 2.96. The van der Waals surface area contributed by atoms with Gasteiger partial charge in [0, 0.05) is 11.5 Å². The Hall–Kier alpha value is -2.62. The molecule has 3 unspecified atom stereocenters. The van der Waals surface area contributed by atoms with Crippen LogP contribution in [0.3, 0.4) is 0 Å². The van der Waals surface area contributed by atoms with E-state index >= 15 is 0 Å². The minimum Gasteiger partial charge on any atom is -0.486 e. The molecule has 0 amide bonds. The standard InChI is InChI=1S/C21H23NO7S/c23-20(24)21(25,13-22-30(26,27)12-14-6-2-1-3-7-14)29-18-11-5-9-16-15-8-4-10-17(15)28-19(16)18/h1-3,5-7,9,11,15,17,22,25H,4,8,10,12-13H2,(H,23,24). The van der Waals surface area contributed by atoms with Crippen molar-refractivity contribution in [2.45, 2.75) is 42.8 Å². The van der Waals surface area contributed by atoms with Crippen molar-refractivity contribution in [1.82, 2.24) is 4.72 Å². The fourth-order valence-electron chi connectivity index (χ4n) is 4.00. The van der Waals surface area contributed by atoms with E-state index in [4.69, 9.17) is 9.47 Å². The Bertz CT molecular complexity index is 1040. The number of sulfonamides is 1. The first-order chi connectivity index (χ1) is 14.3. The second-order valence-corrected chi connectivity index (χ2v) is 9.43. The smallest absolute Gasteiger partial charge is 0.378 e. The second-order valence-electron chi connectivity index (χ2n) is 7.63. The average Bonchev–Trinajstić information content (AvgIpc) is 3.29. The van der Waals surface area contributed by atoms with Crippen LogP contribution >= 0.6 is 0 Å². The van der Waals surface area contributed by atoms with Crippen molar-refractivity contribution in [2.24, 2.45) is 0 Å². The number of aliphatic hydroxyl groups is 1. The minimum atomic E-state index is -3.90. The number of hydrogen-bond acceptors (Lipinski definition) is 6. The summed E-state index contributed by atoms with van der Waals surface area (Å²) in [5.41, 5.74) is 1.46. The molecule has 2 aromatic carbocycles. The van der Waals surface area contributed by atoms with Crippen molar-refractivity contribution in [2.75, 3.05) is 6.54 Å². The molecule has 1 saturated carbocycles. The number of benzene rings is 2. The van der Waals surface area contributed by atoms with E-state index in [-0.39, 0.29) is 23.5 Å². The lowest BCUT2D eigenvalue weighted by Crippen LogP contribution is -2.53. The van der Waals surface area contributed by atoms with Crippen LogP contribution in [0.15, 0.2) is 48.5 Å². The Morgan fingerprint density at radius 1 is 1.17 bits per heavy atom. The highest BCUT2D eigenvalue weighted by Crippen LogP contribution is 2.51. The zero-order valence-electron chi connectivity index (χ0n) is 16.2. The number of carboxylic acid groups (broad SMARTS) is 1. The quantitative estimate of drug-likeness (QED) is 0.544. The monoisotopic (exact) mass is 433 g/mol. The number of fused-ring (bicyclic) bond motifs is 3. The highest BCUT2D eigenvalue weighted by molar-refractivity contribution is 7.88. The number of rotatable bonds is 8. The molecule has 160 valence electrons. The molecule has 1 fully saturated rings. The number of carbonyl (C=O) groups is 1. The van der Waals surface area contributed by atoms with Crippen molar-refractivity contribution < 1.29 is 32.9 Å². The highest BCUT2D eigenvalue weighted by Gasteiger charge is 2.44. The van der Waals surface area contributed by atoms with Crippen molar-refractivity contribution in [3.63, 3.8) is 0 Å². The molecule has 1 aliphatic heterocycles. The normalized spacial score (nSPS) is 21.9. The maximum atomic E-state index is 12.3. The van der Waals surface area contributed by atoms with E-state index in [2.05, 4.69) is 4.72 Å². The number of nitrogens with one attached hydrogen (secondary N) is 1. The Labute approximate surface area is 174 Å². The molecule has 1 heterocycles.